The molecule has 2 atom stereocenters. The van der Waals surface area contributed by atoms with E-state index >= 15 is 0 Å². The Morgan fingerprint density at radius 1 is 1.00 bits per heavy atom. The average molecular weight is 417 g/mol. The minimum absolute atomic E-state index is 0.0325. The van der Waals surface area contributed by atoms with Crippen molar-refractivity contribution < 1.29 is 17.6 Å². The Kier molecular flexibility index (Phi) is 5.21. The molecule has 0 aliphatic carbocycles. The summed E-state index contributed by atoms with van der Waals surface area (Å²) in [4.78, 5) is 16.6. The standard InChI is InChI=1S/C22H25FN2O3S/c1-15(2)17-5-9-19(10-6-17)25-21-14-29(27,28)13-20(21)24(12-22(25)26)11-16-3-7-18(23)8-4-16/h3-10,15,20-21H,11-14H2,1-2H3/t20-,21-/m0/s1. The van der Waals surface area contributed by atoms with Crippen LogP contribution in [0, 0.1) is 5.82 Å². The summed E-state index contributed by atoms with van der Waals surface area (Å²) in [6.07, 6.45) is 0. The van der Waals surface area contributed by atoms with Crippen LogP contribution in [0.15, 0.2) is 48.5 Å². The number of anilines is 1. The van der Waals surface area contributed by atoms with Gasteiger partial charge in [0.1, 0.15) is 5.82 Å². The van der Waals surface area contributed by atoms with Gasteiger partial charge in [-0.25, -0.2) is 12.8 Å². The molecule has 29 heavy (non-hydrogen) atoms. The van der Waals surface area contributed by atoms with Crippen LogP contribution >= 0.6 is 0 Å². The van der Waals surface area contributed by atoms with Gasteiger partial charge in [-0.15, -0.1) is 0 Å². The molecule has 0 saturated carbocycles. The van der Waals surface area contributed by atoms with Crippen molar-refractivity contribution in [1.29, 1.82) is 0 Å². The second-order valence-corrected chi connectivity index (χ2v) is 10.4. The van der Waals surface area contributed by atoms with Gasteiger partial charge >= 0.3 is 0 Å². The molecule has 2 fully saturated rings. The highest BCUT2D eigenvalue weighted by Gasteiger charge is 2.49. The molecule has 2 aliphatic heterocycles. The van der Waals surface area contributed by atoms with E-state index in [1.54, 1.807) is 17.0 Å². The molecule has 0 unspecified atom stereocenters. The first-order valence-corrected chi connectivity index (χ1v) is 11.7. The van der Waals surface area contributed by atoms with Crippen molar-refractivity contribution in [1.82, 2.24) is 4.90 Å². The Labute approximate surface area is 171 Å². The lowest BCUT2D eigenvalue weighted by Gasteiger charge is -2.43. The lowest BCUT2D eigenvalue weighted by atomic mass is 10.00. The topological polar surface area (TPSA) is 57.7 Å². The lowest BCUT2D eigenvalue weighted by molar-refractivity contribution is -0.123. The Bertz CT molecular complexity index is 1000. The monoisotopic (exact) mass is 416 g/mol. The summed E-state index contributed by atoms with van der Waals surface area (Å²) in [6, 6.07) is 13.2. The van der Waals surface area contributed by atoms with Gasteiger partial charge in [0.2, 0.25) is 5.91 Å². The molecule has 0 bridgehead atoms. The number of halogens is 1. The van der Waals surface area contributed by atoms with E-state index in [0.29, 0.717) is 12.5 Å². The second kappa shape index (κ2) is 7.54. The highest BCUT2D eigenvalue weighted by molar-refractivity contribution is 7.91. The molecule has 2 aromatic carbocycles. The minimum Gasteiger partial charge on any atom is -0.306 e. The van der Waals surface area contributed by atoms with Gasteiger partial charge in [-0.05, 0) is 41.3 Å². The van der Waals surface area contributed by atoms with E-state index in [0.717, 1.165) is 11.3 Å². The van der Waals surface area contributed by atoms with Gasteiger partial charge in [-0.1, -0.05) is 38.1 Å². The van der Waals surface area contributed by atoms with E-state index in [-0.39, 0.29) is 35.8 Å². The number of sulfone groups is 1. The number of amides is 1. The van der Waals surface area contributed by atoms with Crippen LogP contribution in [0.5, 0.6) is 0 Å². The Morgan fingerprint density at radius 2 is 1.62 bits per heavy atom. The maximum Gasteiger partial charge on any atom is 0.241 e. The summed E-state index contributed by atoms with van der Waals surface area (Å²) in [6.45, 7) is 4.77. The molecule has 2 aromatic rings. The van der Waals surface area contributed by atoms with Crippen molar-refractivity contribution in [3.63, 3.8) is 0 Å². The Hall–Kier alpha value is -2.25. The van der Waals surface area contributed by atoms with Gasteiger partial charge in [0, 0.05) is 18.3 Å². The molecule has 154 valence electrons. The number of carbonyl (C=O) groups excluding carboxylic acids is 1. The van der Waals surface area contributed by atoms with Crippen molar-refractivity contribution in [2.45, 2.75) is 38.4 Å². The summed E-state index contributed by atoms with van der Waals surface area (Å²) in [5, 5.41) is 0. The first-order valence-electron chi connectivity index (χ1n) is 9.84. The minimum atomic E-state index is -3.24. The molecule has 0 N–H and O–H groups in total. The maximum absolute atomic E-state index is 13.2. The van der Waals surface area contributed by atoms with Crippen molar-refractivity contribution in [3.8, 4) is 0 Å². The Balaban J connectivity index is 1.63. The van der Waals surface area contributed by atoms with Gasteiger partial charge in [0.25, 0.3) is 0 Å². The van der Waals surface area contributed by atoms with E-state index in [4.69, 9.17) is 0 Å². The number of carbonyl (C=O) groups is 1. The summed E-state index contributed by atoms with van der Waals surface area (Å²) < 4.78 is 38.1. The molecular weight excluding hydrogens is 391 g/mol. The molecule has 0 aromatic heterocycles. The summed E-state index contributed by atoms with van der Waals surface area (Å²) in [5.41, 5.74) is 2.77. The summed E-state index contributed by atoms with van der Waals surface area (Å²) in [7, 11) is -3.24. The molecule has 4 rings (SSSR count). The maximum atomic E-state index is 13.2. The second-order valence-electron chi connectivity index (χ2n) is 8.25. The molecule has 0 spiro atoms. The van der Waals surface area contributed by atoms with Crippen molar-refractivity contribution in [2.24, 2.45) is 0 Å². The van der Waals surface area contributed by atoms with Gasteiger partial charge in [0.05, 0.1) is 24.1 Å². The quantitative estimate of drug-likeness (QED) is 0.769. The third-order valence-electron chi connectivity index (χ3n) is 5.84. The van der Waals surface area contributed by atoms with Crippen LogP contribution in [0.1, 0.15) is 30.9 Å². The molecule has 0 radical (unpaired) electrons. The van der Waals surface area contributed by atoms with Gasteiger partial charge in [0.15, 0.2) is 9.84 Å². The third-order valence-corrected chi connectivity index (χ3v) is 7.54. The molecule has 2 heterocycles. The molecule has 5 nitrogen and oxygen atoms in total. The predicted octanol–water partition coefficient (Wildman–Crippen LogP) is 2.96. The zero-order valence-corrected chi connectivity index (χ0v) is 17.4. The highest BCUT2D eigenvalue weighted by Crippen LogP contribution is 2.33. The zero-order chi connectivity index (χ0) is 20.8. The third kappa shape index (κ3) is 4.07. The summed E-state index contributed by atoms with van der Waals surface area (Å²) >= 11 is 0. The molecule has 7 heteroatoms. The Morgan fingerprint density at radius 3 is 2.24 bits per heavy atom. The highest BCUT2D eigenvalue weighted by atomic mass is 32.2. The van der Waals surface area contributed by atoms with Crippen LogP contribution in [-0.2, 0) is 21.2 Å². The fourth-order valence-corrected chi connectivity index (χ4v) is 6.29. The zero-order valence-electron chi connectivity index (χ0n) is 16.6. The fraction of sp³-hybridized carbons (Fsp3) is 0.409. The van der Waals surface area contributed by atoms with Crippen LogP contribution in [0.2, 0.25) is 0 Å². The molecule has 2 aliphatic rings. The predicted molar refractivity (Wildman–Crippen MR) is 111 cm³/mol. The first kappa shape index (κ1) is 20.0. The first-order chi connectivity index (χ1) is 13.7. The molecular formula is C22H25FN2O3S. The van der Waals surface area contributed by atoms with E-state index in [9.17, 15) is 17.6 Å². The SMILES string of the molecule is CC(C)c1ccc(N2C(=O)CN(Cc3ccc(F)cc3)[C@H]3CS(=O)(=O)C[C@@H]32)cc1. The lowest BCUT2D eigenvalue weighted by Crippen LogP contribution is -2.61. The number of rotatable bonds is 4. The van der Waals surface area contributed by atoms with E-state index < -0.39 is 15.9 Å². The normalized spacial score (nSPS) is 24.1. The average Bonchev–Trinajstić information content (AvgIpc) is 2.99. The van der Waals surface area contributed by atoms with Gasteiger partial charge < -0.3 is 4.90 Å². The van der Waals surface area contributed by atoms with Gasteiger partial charge in [-0.3, -0.25) is 9.69 Å². The number of nitrogens with zero attached hydrogens (tertiary/aromatic N) is 2. The van der Waals surface area contributed by atoms with Crippen LogP contribution in [0.25, 0.3) is 0 Å². The molecule has 1 amide bonds. The number of fused-ring (bicyclic) bond motifs is 1. The smallest absolute Gasteiger partial charge is 0.241 e. The number of hydrogen-bond donors (Lipinski definition) is 0. The largest absolute Gasteiger partial charge is 0.306 e. The van der Waals surface area contributed by atoms with E-state index in [1.165, 1.54) is 17.7 Å². The van der Waals surface area contributed by atoms with Crippen LogP contribution < -0.4 is 4.90 Å². The fourth-order valence-electron chi connectivity index (χ4n) is 4.31. The molecule has 2 saturated heterocycles. The van der Waals surface area contributed by atoms with Crippen molar-refractivity contribution in [2.75, 3.05) is 23.0 Å². The van der Waals surface area contributed by atoms with Crippen LogP contribution in [0.3, 0.4) is 0 Å². The number of piperazine rings is 1. The summed E-state index contributed by atoms with van der Waals surface area (Å²) in [5.74, 6) is -0.0439. The van der Waals surface area contributed by atoms with E-state index in [2.05, 4.69) is 13.8 Å². The van der Waals surface area contributed by atoms with Crippen LogP contribution in [0.4, 0.5) is 10.1 Å². The van der Waals surface area contributed by atoms with Crippen molar-refractivity contribution in [3.05, 3.63) is 65.5 Å². The van der Waals surface area contributed by atoms with Crippen LogP contribution in [-0.4, -0.2) is 49.4 Å². The van der Waals surface area contributed by atoms with E-state index in [1.807, 2.05) is 29.2 Å². The van der Waals surface area contributed by atoms with Gasteiger partial charge in [-0.2, -0.15) is 0 Å². The van der Waals surface area contributed by atoms with Crippen molar-refractivity contribution >= 4 is 21.4 Å². The number of benzene rings is 2. The number of hydrogen-bond acceptors (Lipinski definition) is 4.